The first-order chi connectivity index (χ1) is 14.2. The molecule has 0 aliphatic heterocycles. The van der Waals surface area contributed by atoms with Gasteiger partial charge >= 0.3 is 6.18 Å². The molecular weight excluding hydrogens is 397 g/mol. The number of aromatic hydroxyl groups is 1. The van der Waals surface area contributed by atoms with Gasteiger partial charge in [-0.3, -0.25) is 4.79 Å². The Morgan fingerprint density at radius 1 is 1.07 bits per heavy atom. The Labute approximate surface area is 168 Å². The van der Waals surface area contributed by atoms with Crippen molar-refractivity contribution in [1.29, 1.82) is 0 Å². The molecule has 0 atom stereocenters. The van der Waals surface area contributed by atoms with Gasteiger partial charge in [-0.15, -0.1) is 0 Å². The first kappa shape index (κ1) is 19.5. The number of hydrogen-bond donors (Lipinski definition) is 2. The van der Waals surface area contributed by atoms with Gasteiger partial charge in [-0.25, -0.2) is 4.98 Å². The number of phenolic OH excluding ortho intramolecular Hbond substituents is 1. The summed E-state index contributed by atoms with van der Waals surface area (Å²) in [6.45, 7) is 1.90. The van der Waals surface area contributed by atoms with E-state index >= 15 is 0 Å². The molecule has 152 valence electrons. The molecule has 5 nitrogen and oxygen atoms in total. The lowest BCUT2D eigenvalue weighted by Crippen LogP contribution is -2.18. The van der Waals surface area contributed by atoms with Crippen LogP contribution in [0.1, 0.15) is 21.5 Å². The average molecular weight is 412 g/mol. The van der Waals surface area contributed by atoms with Crippen LogP contribution in [-0.2, 0) is 6.18 Å². The third-order valence-electron chi connectivity index (χ3n) is 4.50. The summed E-state index contributed by atoms with van der Waals surface area (Å²) in [6, 6.07) is 14.0. The molecule has 4 rings (SSSR count). The summed E-state index contributed by atoms with van der Waals surface area (Å²) >= 11 is 0. The van der Waals surface area contributed by atoms with Gasteiger partial charge in [-0.2, -0.15) is 13.2 Å². The van der Waals surface area contributed by atoms with E-state index in [2.05, 4.69) is 10.3 Å². The number of fused-ring (bicyclic) bond motifs is 1. The van der Waals surface area contributed by atoms with Crippen LogP contribution in [0, 0.1) is 6.92 Å². The maximum absolute atomic E-state index is 13.2. The van der Waals surface area contributed by atoms with Crippen molar-refractivity contribution in [2.45, 2.75) is 13.1 Å². The number of carbonyl (C=O) groups is 1. The number of rotatable bonds is 3. The topological polar surface area (TPSA) is 75.4 Å². The zero-order chi connectivity index (χ0) is 21.5. The number of anilines is 1. The summed E-state index contributed by atoms with van der Waals surface area (Å²) in [5.41, 5.74) is 0.944. The smallest absolute Gasteiger partial charge is 0.417 e. The minimum atomic E-state index is -4.66. The summed E-state index contributed by atoms with van der Waals surface area (Å²) < 4.78 is 45.2. The number of carbonyl (C=O) groups excluding carboxylic acids is 1. The first-order valence-electron chi connectivity index (χ1n) is 8.90. The Morgan fingerprint density at radius 2 is 1.83 bits per heavy atom. The zero-order valence-electron chi connectivity index (χ0n) is 15.6. The number of benzene rings is 3. The highest BCUT2D eigenvalue weighted by Crippen LogP contribution is 2.35. The molecule has 8 heteroatoms. The number of hydrogen-bond acceptors (Lipinski definition) is 4. The number of halogens is 3. The third-order valence-corrected chi connectivity index (χ3v) is 4.50. The molecule has 0 saturated heterocycles. The number of nitrogens with zero attached hydrogens (tertiary/aromatic N) is 1. The second kappa shape index (κ2) is 7.22. The van der Waals surface area contributed by atoms with E-state index in [1.165, 1.54) is 30.3 Å². The Hall–Kier alpha value is -3.81. The largest absolute Gasteiger partial charge is 0.507 e. The Bertz CT molecular complexity index is 1260. The molecule has 0 unspecified atom stereocenters. The van der Waals surface area contributed by atoms with E-state index in [0.29, 0.717) is 11.1 Å². The van der Waals surface area contributed by atoms with Crippen molar-refractivity contribution in [1.82, 2.24) is 4.98 Å². The second-order valence-corrected chi connectivity index (χ2v) is 6.72. The van der Waals surface area contributed by atoms with Gasteiger partial charge < -0.3 is 14.8 Å². The van der Waals surface area contributed by atoms with E-state index < -0.39 is 23.2 Å². The van der Waals surface area contributed by atoms with Crippen molar-refractivity contribution in [3.8, 4) is 17.2 Å². The predicted molar refractivity (Wildman–Crippen MR) is 105 cm³/mol. The molecule has 0 bridgehead atoms. The number of aryl methyl sites for hydroxylation is 1. The summed E-state index contributed by atoms with van der Waals surface area (Å²) in [6.07, 6.45) is -4.66. The van der Waals surface area contributed by atoms with E-state index in [4.69, 9.17) is 4.42 Å². The van der Waals surface area contributed by atoms with E-state index in [1.807, 2.05) is 19.1 Å². The van der Waals surface area contributed by atoms with Gasteiger partial charge in [0.05, 0.1) is 16.7 Å². The van der Waals surface area contributed by atoms with Crippen LogP contribution in [0.15, 0.2) is 65.1 Å². The summed E-state index contributed by atoms with van der Waals surface area (Å²) in [7, 11) is 0. The SMILES string of the molecule is Cc1ccc2oc(-c3cc(NC(=O)c4ccccc4C(F)(F)F)ccc3O)nc2c1. The Balaban J connectivity index is 1.68. The predicted octanol–water partition coefficient (Wildman–Crippen LogP) is 5.78. The van der Waals surface area contributed by atoms with E-state index in [-0.39, 0.29) is 22.9 Å². The van der Waals surface area contributed by atoms with Gasteiger partial charge in [-0.1, -0.05) is 18.2 Å². The first-order valence-corrected chi connectivity index (χ1v) is 8.90. The fourth-order valence-electron chi connectivity index (χ4n) is 3.06. The molecule has 0 aliphatic carbocycles. The molecule has 1 amide bonds. The molecule has 0 radical (unpaired) electrons. The molecular formula is C22H15F3N2O3. The van der Waals surface area contributed by atoms with Crippen LogP contribution < -0.4 is 5.32 Å². The molecule has 0 fully saturated rings. The highest BCUT2D eigenvalue weighted by Gasteiger charge is 2.34. The maximum atomic E-state index is 13.2. The molecule has 1 heterocycles. The molecule has 0 spiro atoms. The van der Waals surface area contributed by atoms with Gasteiger partial charge in [0.2, 0.25) is 5.89 Å². The van der Waals surface area contributed by atoms with E-state index in [9.17, 15) is 23.1 Å². The van der Waals surface area contributed by atoms with Crippen LogP contribution >= 0.6 is 0 Å². The van der Waals surface area contributed by atoms with Crippen LogP contribution in [-0.4, -0.2) is 16.0 Å². The van der Waals surface area contributed by atoms with Crippen LogP contribution in [0.5, 0.6) is 5.75 Å². The third kappa shape index (κ3) is 3.71. The summed E-state index contributed by atoms with van der Waals surface area (Å²) in [5, 5.41) is 12.6. The molecule has 3 aromatic carbocycles. The molecule has 2 N–H and O–H groups in total. The van der Waals surface area contributed by atoms with Gasteiger partial charge in [0.1, 0.15) is 11.3 Å². The maximum Gasteiger partial charge on any atom is 0.417 e. The van der Waals surface area contributed by atoms with Crippen molar-refractivity contribution < 1.29 is 27.5 Å². The lowest BCUT2D eigenvalue weighted by molar-refractivity contribution is -0.137. The highest BCUT2D eigenvalue weighted by atomic mass is 19.4. The number of nitrogens with one attached hydrogen (secondary N) is 1. The fourth-order valence-corrected chi connectivity index (χ4v) is 3.06. The standard InChI is InChI=1S/C22H15F3N2O3/c1-12-6-9-19-17(10-12)27-21(30-19)15-11-13(7-8-18(15)28)26-20(29)14-4-2-3-5-16(14)22(23,24)25/h2-11,28H,1H3,(H,26,29). The van der Waals surface area contributed by atoms with Gasteiger partial charge in [0.25, 0.3) is 5.91 Å². The lowest BCUT2D eigenvalue weighted by atomic mass is 10.1. The second-order valence-electron chi connectivity index (χ2n) is 6.72. The van der Waals surface area contributed by atoms with Crippen molar-refractivity contribution >= 4 is 22.7 Å². The van der Waals surface area contributed by atoms with Crippen molar-refractivity contribution in [3.05, 3.63) is 77.4 Å². The quantitative estimate of drug-likeness (QED) is 0.418. The van der Waals surface area contributed by atoms with Crippen molar-refractivity contribution in [2.75, 3.05) is 5.32 Å². The molecule has 0 aliphatic rings. The number of aromatic nitrogens is 1. The number of oxazole rings is 1. The fraction of sp³-hybridized carbons (Fsp3) is 0.0909. The number of alkyl halides is 3. The number of amides is 1. The van der Waals surface area contributed by atoms with Crippen LogP contribution in [0.2, 0.25) is 0 Å². The van der Waals surface area contributed by atoms with Crippen molar-refractivity contribution in [2.24, 2.45) is 0 Å². The lowest BCUT2D eigenvalue weighted by Gasteiger charge is -2.13. The average Bonchev–Trinajstić information content (AvgIpc) is 3.11. The minimum Gasteiger partial charge on any atom is -0.507 e. The van der Waals surface area contributed by atoms with E-state index in [0.717, 1.165) is 17.7 Å². The van der Waals surface area contributed by atoms with Crippen LogP contribution in [0.4, 0.5) is 18.9 Å². The Kier molecular flexibility index (Phi) is 4.69. The van der Waals surface area contributed by atoms with Gasteiger partial charge in [0, 0.05) is 5.69 Å². The van der Waals surface area contributed by atoms with E-state index in [1.54, 1.807) is 6.07 Å². The summed E-state index contributed by atoms with van der Waals surface area (Å²) in [4.78, 5) is 16.8. The number of phenols is 1. The molecule has 30 heavy (non-hydrogen) atoms. The normalized spacial score (nSPS) is 11.6. The van der Waals surface area contributed by atoms with Gasteiger partial charge in [-0.05, 0) is 55.0 Å². The zero-order valence-corrected chi connectivity index (χ0v) is 15.6. The minimum absolute atomic E-state index is 0.125. The Morgan fingerprint density at radius 3 is 2.60 bits per heavy atom. The highest BCUT2D eigenvalue weighted by molar-refractivity contribution is 6.05. The van der Waals surface area contributed by atoms with Crippen LogP contribution in [0.25, 0.3) is 22.6 Å². The monoisotopic (exact) mass is 412 g/mol. The van der Waals surface area contributed by atoms with Crippen LogP contribution in [0.3, 0.4) is 0 Å². The van der Waals surface area contributed by atoms with Crippen molar-refractivity contribution in [3.63, 3.8) is 0 Å². The van der Waals surface area contributed by atoms with Gasteiger partial charge in [0.15, 0.2) is 5.58 Å². The molecule has 1 aromatic heterocycles. The summed E-state index contributed by atoms with van der Waals surface area (Å²) in [5.74, 6) is -0.945. The molecule has 4 aromatic rings. The molecule has 0 saturated carbocycles.